The van der Waals surface area contributed by atoms with E-state index in [1.807, 2.05) is 19.1 Å². The summed E-state index contributed by atoms with van der Waals surface area (Å²) >= 11 is 6.25. The summed E-state index contributed by atoms with van der Waals surface area (Å²) in [5, 5.41) is 24.5. The van der Waals surface area contributed by atoms with Crippen LogP contribution in [-0.2, 0) is 52.8 Å². The van der Waals surface area contributed by atoms with Crippen LogP contribution < -0.4 is 13.7 Å². The minimum Gasteiger partial charge on any atom is -0.425 e. The molecule has 20 heteroatoms. The molecular weight excluding hydrogens is 1020 g/mol. The third-order valence-corrected chi connectivity index (χ3v) is 11.6. The van der Waals surface area contributed by atoms with Gasteiger partial charge in [0.25, 0.3) is 11.8 Å². The smallest absolute Gasteiger partial charge is 0.363 e. The van der Waals surface area contributed by atoms with Crippen molar-refractivity contribution in [1.82, 2.24) is 35.0 Å². The van der Waals surface area contributed by atoms with Crippen LogP contribution in [0.2, 0.25) is 0 Å². The normalized spacial score (nSPS) is 12.9. The molecule has 1 atom stereocenters. The molecule has 0 bridgehead atoms. The molecule has 3 aromatic carbocycles. The summed E-state index contributed by atoms with van der Waals surface area (Å²) in [7, 11) is 0. The van der Waals surface area contributed by atoms with E-state index in [9.17, 15) is 19.2 Å². The number of aromatic nitrogens is 3. The van der Waals surface area contributed by atoms with Crippen LogP contribution in [0, 0.1) is 6.92 Å². The molecule has 2 heterocycles. The molecule has 1 aromatic heterocycles. The van der Waals surface area contributed by atoms with Gasteiger partial charge >= 0.3 is 5.97 Å². The van der Waals surface area contributed by atoms with Gasteiger partial charge in [0.15, 0.2) is 28.8 Å². The number of halogens is 1. The largest absolute Gasteiger partial charge is 0.425 e. The summed E-state index contributed by atoms with van der Waals surface area (Å²) in [6.07, 6.45) is 6.38. The van der Waals surface area contributed by atoms with Crippen LogP contribution in [0.5, 0.6) is 5.75 Å². The number of aryl methyl sites for hydroxylation is 3. The van der Waals surface area contributed by atoms with E-state index >= 15 is 0 Å². The molecule has 18 nitrogen and oxygen atoms in total. The Morgan fingerprint density at radius 3 is 2.29 bits per heavy atom. The number of hydroxylamine groups is 2. The number of nitrogens with zero attached hydrogens (tertiary/aromatic N) is 7. The molecule has 370 valence electrons. The van der Waals surface area contributed by atoms with Crippen molar-refractivity contribution >= 4 is 76.6 Å². The van der Waals surface area contributed by atoms with Crippen molar-refractivity contribution in [3.8, 4) is 5.75 Å². The van der Waals surface area contributed by atoms with Gasteiger partial charge in [-0.05, 0) is 86.6 Å². The fraction of sp³-hybridized carbons (Fsp3) is 0.429. The second-order valence-electron chi connectivity index (χ2n) is 16.2. The lowest BCUT2D eigenvalue weighted by Gasteiger charge is -2.23. The Kier molecular flexibility index (Phi) is 23.1. The number of nitrogens with one attached hydrogen (secondary N) is 2. The number of thiol groups is 1. The zero-order valence-corrected chi connectivity index (χ0v) is 42.3. The molecule has 1 fully saturated rings. The number of allylic oxidation sites excluding steroid dienone is 1. The van der Waals surface area contributed by atoms with Gasteiger partial charge in [-0.1, -0.05) is 80.4 Å². The van der Waals surface area contributed by atoms with E-state index in [-0.39, 0.29) is 36.1 Å². The average molecular weight is 1080 g/mol. The van der Waals surface area contributed by atoms with Crippen molar-refractivity contribution in [2.45, 2.75) is 84.2 Å². The Balaban J connectivity index is 1.01. The first-order valence-corrected chi connectivity index (χ1v) is 24.3. The predicted octanol–water partition coefficient (Wildman–Crippen LogP) is 8.16. The lowest BCUT2D eigenvalue weighted by atomic mass is 10.1. The van der Waals surface area contributed by atoms with Gasteiger partial charge in [-0.25, -0.2) is 4.79 Å². The Morgan fingerprint density at radius 2 is 1.61 bits per heavy atom. The van der Waals surface area contributed by atoms with Gasteiger partial charge in [-0.3, -0.25) is 23.4 Å². The third-order valence-electron chi connectivity index (χ3n) is 10.7. The minimum absolute atomic E-state index is 0.133. The highest BCUT2D eigenvalue weighted by atomic mass is 127. The highest BCUT2D eigenvalue weighted by Crippen LogP contribution is 2.32. The predicted molar refractivity (Wildman–Crippen MR) is 272 cm³/mol. The number of carbonyl (C=O) groups is 4. The molecule has 0 radical (unpaired) electrons. The Bertz CT molecular complexity index is 2330. The standard InChI is InChI=1S/C49H62IN9O9S/c1-5-6-9-46(60)52-44(48(62)58(69)24-8-27-65-29-31-66-30-28-64-26-7-23-51-37(4)39-14-10-35(2)11-15-39)33-42-34-57(56-54-42)25-22-38-13-20-45(67-50)43(32-38)55-53-41-18-16-40(17-19-41)49(63)68-59-36(3)12-21-47(59)61/h10-11,13-20,32,34,44,51,69H,3-9,12,21-31,33H2,1-2H3,(H,52,60)/b55-53+. The molecule has 0 saturated carbocycles. The van der Waals surface area contributed by atoms with E-state index in [4.69, 9.17) is 22.1 Å². The van der Waals surface area contributed by atoms with Gasteiger partial charge < -0.3 is 32.7 Å². The highest BCUT2D eigenvalue weighted by molar-refractivity contribution is 14.1. The monoisotopic (exact) mass is 1080 g/mol. The molecular formula is C49H62IN9O9S. The SMILES string of the molecule is C=C(NCCCOCCOCCOCCCN(S)C(=O)C(Cc1cn(CCc2ccc(OI)c(/N=N/c3ccc(C(=O)ON4C(=C)CCC4=O)cc3)c2)nn1)NC(=O)CCCC)c1ccc(C)cc1. The fourth-order valence-electron chi connectivity index (χ4n) is 6.74. The topological polar surface area (TPSA) is 200 Å². The Labute approximate surface area is 423 Å². The molecule has 5 rings (SSSR count). The first-order valence-electron chi connectivity index (χ1n) is 23.0. The summed E-state index contributed by atoms with van der Waals surface area (Å²) in [4.78, 5) is 56.2. The van der Waals surface area contributed by atoms with Crippen molar-refractivity contribution in [2.24, 2.45) is 10.2 Å². The van der Waals surface area contributed by atoms with Gasteiger partial charge in [0.1, 0.15) is 11.7 Å². The number of rotatable bonds is 31. The van der Waals surface area contributed by atoms with Gasteiger partial charge in [0, 0.05) is 64.0 Å². The van der Waals surface area contributed by atoms with Crippen LogP contribution in [0.3, 0.4) is 0 Å². The van der Waals surface area contributed by atoms with Crippen LogP contribution in [0.1, 0.15) is 84.6 Å². The summed E-state index contributed by atoms with van der Waals surface area (Å²) in [5.74, 6) is -1.07. The van der Waals surface area contributed by atoms with E-state index < -0.39 is 12.0 Å². The highest BCUT2D eigenvalue weighted by Gasteiger charge is 2.29. The molecule has 1 aliphatic rings. The van der Waals surface area contributed by atoms with Crippen molar-refractivity contribution in [1.29, 1.82) is 0 Å². The van der Waals surface area contributed by atoms with Crippen LogP contribution in [0.4, 0.5) is 11.4 Å². The number of unbranched alkanes of at least 4 members (excludes halogenated alkanes) is 1. The number of carbonyl (C=O) groups excluding carboxylic acids is 4. The van der Waals surface area contributed by atoms with Crippen LogP contribution in [0.15, 0.2) is 102 Å². The van der Waals surface area contributed by atoms with Gasteiger partial charge in [0.05, 0.1) is 49.1 Å². The maximum Gasteiger partial charge on any atom is 0.363 e. The number of benzene rings is 3. The fourth-order valence-corrected chi connectivity index (χ4v) is 7.39. The summed E-state index contributed by atoms with van der Waals surface area (Å²) < 4.78 is 25.5. The molecule has 2 N–H and O–H groups in total. The second-order valence-corrected chi connectivity index (χ2v) is 17.1. The molecule has 1 unspecified atom stereocenters. The zero-order valence-electron chi connectivity index (χ0n) is 39.3. The lowest BCUT2D eigenvalue weighted by Crippen LogP contribution is -2.47. The first kappa shape index (κ1) is 54.3. The second kappa shape index (κ2) is 29.4. The van der Waals surface area contributed by atoms with Crippen LogP contribution in [0.25, 0.3) is 5.70 Å². The van der Waals surface area contributed by atoms with E-state index in [0.717, 1.165) is 41.3 Å². The third kappa shape index (κ3) is 18.6. The van der Waals surface area contributed by atoms with E-state index in [0.29, 0.717) is 113 Å². The average Bonchev–Trinajstić information content (AvgIpc) is 3.95. The summed E-state index contributed by atoms with van der Waals surface area (Å²) in [6.45, 7) is 16.3. The molecule has 0 aliphatic carbocycles. The molecule has 69 heavy (non-hydrogen) atoms. The van der Waals surface area contributed by atoms with Crippen molar-refractivity contribution < 1.29 is 41.3 Å². The summed E-state index contributed by atoms with van der Waals surface area (Å²) in [6, 6.07) is 19.2. The first-order chi connectivity index (χ1) is 33.4. The van der Waals surface area contributed by atoms with Crippen molar-refractivity contribution in [3.63, 3.8) is 0 Å². The molecule has 4 aromatic rings. The maximum absolute atomic E-state index is 13.6. The van der Waals surface area contributed by atoms with Crippen molar-refractivity contribution in [2.75, 3.05) is 52.7 Å². The molecule has 1 saturated heterocycles. The molecule has 1 aliphatic heterocycles. The van der Waals surface area contributed by atoms with Gasteiger partial charge in [-0.2, -0.15) is 5.11 Å². The number of hydrogen-bond donors (Lipinski definition) is 3. The van der Waals surface area contributed by atoms with E-state index in [1.165, 1.54) is 22.0 Å². The van der Waals surface area contributed by atoms with Gasteiger partial charge in [0.2, 0.25) is 5.91 Å². The Morgan fingerprint density at radius 1 is 0.913 bits per heavy atom. The maximum atomic E-state index is 13.6. The molecule has 3 amide bonds. The molecule has 0 spiro atoms. The van der Waals surface area contributed by atoms with E-state index in [1.54, 1.807) is 52.1 Å². The van der Waals surface area contributed by atoms with Gasteiger partial charge in [-0.15, -0.1) is 15.3 Å². The lowest BCUT2D eigenvalue weighted by molar-refractivity contribution is -0.153. The summed E-state index contributed by atoms with van der Waals surface area (Å²) in [5.41, 5.74) is 6.30. The van der Waals surface area contributed by atoms with Crippen LogP contribution in [-0.4, -0.2) is 107 Å². The minimum atomic E-state index is -0.886. The van der Waals surface area contributed by atoms with E-state index in [2.05, 4.69) is 88.3 Å². The number of amides is 3. The number of azo groups is 1. The Hall–Kier alpha value is -5.68. The quantitative estimate of drug-likeness (QED) is 0.0189. The number of hydrogen-bond acceptors (Lipinski definition) is 15. The number of ether oxygens (including phenoxy) is 3. The zero-order chi connectivity index (χ0) is 49.4. The van der Waals surface area contributed by atoms with Crippen molar-refractivity contribution in [3.05, 3.63) is 120 Å². The van der Waals surface area contributed by atoms with Crippen LogP contribution >= 0.6 is 35.8 Å².